The molecule has 0 heterocycles. The van der Waals surface area contributed by atoms with E-state index in [0.29, 0.717) is 5.92 Å². The molecule has 0 aromatic carbocycles. The molecule has 0 rings (SSSR count). The fourth-order valence-electron chi connectivity index (χ4n) is 0.982. The highest BCUT2D eigenvalue weighted by molar-refractivity contribution is 9.09. The van der Waals surface area contributed by atoms with Gasteiger partial charge in [0.05, 0.1) is 7.11 Å². The summed E-state index contributed by atoms with van der Waals surface area (Å²) in [6.45, 7) is 4.29. The lowest BCUT2D eigenvalue weighted by molar-refractivity contribution is 0.177. The number of amides is 1. The van der Waals surface area contributed by atoms with E-state index in [1.807, 2.05) is 13.8 Å². The molecule has 8 heteroatoms. The maximum atomic E-state index is 11.2. The van der Waals surface area contributed by atoms with Crippen LogP contribution in [-0.4, -0.2) is 33.0 Å². The van der Waals surface area contributed by atoms with Gasteiger partial charge in [-0.05, 0) is 12.3 Å². The standard InChI is InChI=1S/C8H17BrN2O4S/c1-6(2)4-7(9)5-10-16(13,14)11-8(12)15-3/h6-7,10H,4-5H2,1-3H3,(H,11,12). The van der Waals surface area contributed by atoms with Gasteiger partial charge in [0.25, 0.3) is 0 Å². The molecule has 0 radical (unpaired) electrons. The van der Waals surface area contributed by atoms with E-state index >= 15 is 0 Å². The minimum atomic E-state index is -3.83. The number of carbonyl (C=O) groups excluding carboxylic acids is 1. The molecule has 0 aromatic heterocycles. The summed E-state index contributed by atoms with van der Waals surface area (Å²) in [4.78, 5) is 10.7. The Balaban J connectivity index is 4.04. The van der Waals surface area contributed by atoms with Crippen molar-refractivity contribution >= 4 is 32.2 Å². The first-order valence-electron chi connectivity index (χ1n) is 4.76. The molecule has 6 nitrogen and oxygen atoms in total. The van der Waals surface area contributed by atoms with Crippen LogP contribution in [0.1, 0.15) is 20.3 Å². The smallest absolute Gasteiger partial charge is 0.421 e. The topological polar surface area (TPSA) is 84.5 Å². The molecule has 96 valence electrons. The molecule has 0 aromatic rings. The Hall–Kier alpha value is -0.340. The second kappa shape index (κ2) is 7.08. The van der Waals surface area contributed by atoms with E-state index in [-0.39, 0.29) is 11.4 Å². The van der Waals surface area contributed by atoms with Crippen LogP contribution in [0.3, 0.4) is 0 Å². The average Bonchev–Trinajstić information content (AvgIpc) is 2.13. The fraction of sp³-hybridized carbons (Fsp3) is 0.875. The number of methoxy groups -OCH3 is 1. The molecule has 0 fully saturated rings. The molecule has 0 saturated carbocycles. The number of ether oxygens (including phenoxy) is 1. The number of rotatable bonds is 6. The molecule has 2 N–H and O–H groups in total. The summed E-state index contributed by atoms with van der Waals surface area (Å²) in [6, 6.07) is 0. The first kappa shape index (κ1) is 15.7. The molecule has 0 aliphatic rings. The van der Waals surface area contributed by atoms with Gasteiger partial charge in [-0.3, -0.25) is 0 Å². The van der Waals surface area contributed by atoms with Crippen LogP contribution >= 0.6 is 15.9 Å². The van der Waals surface area contributed by atoms with Gasteiger partial charge in [-0.1, -0.05) is 29.8 Å². The van der Waals surface area contributed by atoms with E-state index in [4.69, 9.17) is 0 Å². The maximum absolute atomic E-state index is 11.2. The molecule has 16 heavy (non-hydrogen) atoms. The number of carbonyl (C=O) groups is 1. The number of hydrogen-bond donors (Lipinski definition) is 2. The first-order valence-corrected chi connectivity index (χ1v) is 7.16. The third kappa shape index (κ3) is 7.89. The first-order chi connectivity index (χ1) is 7.26. The Morgan fingerprint density at radius 3 is 2.44 bits per heavy atom. The Morgan fingerprint density at radius 1 is 1.44 bits per heavy atom. The molecular weight excluding hydrogens is 300 g/mol. The summed E-state index contributed by atoms with van der Waals surface area (Å²) in [5.41, 5.74) is 0. The molecule has 0 spiro atoms. The normalized spacial score (nSPS) is 13.6. The Bertz CT molecular complexity index is 318. The molecular formula is C8H17BrN2O4S. The molecule has 1 unspecified atom stereocenters. The van der Waals surface area contributed by atoms with Crippen molar-refractivity contribution in [1.29, 1.82) is 0 Å². The highest BCUT2D eigenvalue weighted by Crippen LogP contribution is 2.11. The maximum Gasteiger partial charge on any atom is 0.421 e. The lowest BCUT2D eigenvalue weighted by Crippen LogP contribution is -2.42. The Morgan fingerprint density at radius 2 is 2.00 bits per heavy atom. The second-order valence-electron chi connectivity index (χ2n) is 3.67. The van der Waals surface area contributed by atoms with Crippen LogP contribution in [0.25, 0.3) is 0 Å². The zero-order valence-electron chi connectivity index (χ0n) is 9.49. The van der Waals surface area contributed by atoms with Crippen LogP contribution in [0.2, 0.25) is 0 Å². The number of alkyl halides is 1. The number of halogens is 1. The molecule has 0 saturated heterocycles. The van der Waals surface area contributed by atoms with E-state index in [1.54, 1.807) is 4.72 Å². The van der Waals surface area contributed by atoms with Gasteiger partial charge >= 0.3 is 16.3 Å². The van der Waals surface area contributed by atoms with Crippen molar-refractivity contribution in [2.24, 2.45) is 5.92 Å². The van der Waals surface area contributed by atoms with Gasteiger partial charge in [-0.15, -0.1) is 0 Å². The van der Waals surface area contributed by atoms with Crippen molar-refractivity contribution in [1.82, 2.24) is 9.44 Å². The minimum Gasteiger partial charge on any atom is -0.452 e. The molecule has 1 atom stereocenters. The molecule has 0 aliphatic carbocycles. The van der Waals surface area contributed by atoms with Crippen LogP contribution in [0.5, 0.6) is 0 Å². The van der Waals surface area contributed by atoms with E-state index in [0.717, 1.165) is 13.5 Å². The lowest BCUT2D eigenvalue weighted by atomic mass is 10.1. The van der Waals surface area contributed by atoms with Crippen molar-refractivity contribution in [3.63, 3.8) is 0 Å². The lowest BCUT2D eigenvalue weighted by Gasteiger charge is -2.13. The SMILES string of the molecule is COC(=O)NS(=O)(=O)NCC(Br)CC(C)C. The van der Waals surface area contributed by atoms with Crippen LogP contribution in [0.4, 0.5) is 4.79 Å². The minimum absolute atomic E-state index is 0.0294. The quantitative estimate of drug-likeness (QED) is 0.716. The van der Waals surface area contributed by atoms with E-state index in [9.17, 15) is 13.2 Å². The predicted octanol–water partition coefficient (Wildman–Crippen LogP) is 0.986. The van der Waals surface area contributed by atoms with Crippen molar-refractivity contribution in [3.05, 3.63) is 0 Å². The van der Waals surface area contributed by atoms with Crippen LogP contribution in [0.15, 0.2) is 0 Å². The van der Waals surface area contributed by atoms with Gasteiger partial charge in [0, 0.05) is 11.4 Å². The Kier molecular flexibility index (Phi) is 6.93. The monoisotopic (exact) mass is 316 g/mol. The summed E-state index contributed by atoms with van der Waals surface area (Å²) >= 11 is 3.34. The van der Waals surface area contributed by atoms with Crippen LogP contribution < -0.4 is 9.44 Å². The van der Waals surface area contributed by atoms with Crippen LogP contribution in [-0.2, 0) is 14.9 Å². The molecule has 0 bridgehead atoms. The van der Waals surface area contributed by atoms with Crippen LogP contribution in [0, 0.1) is 5.92 Å². The van der Waals surface area contributed by atoms with E-state index < -0.39 is 16.3 Å². The predicted molar refractivity (Wildman–Crippen MR) is 64.6 cm³/mol. The van der Waals surface area contributed by atoms with Gasteiger partial charge in [0.1, 0.15) is 0 Å². The molecule has 1 amide bonds. The van der Waals surface area contributed by atoms with Gasteiger partial charge < -0.3 is 4.74 Å². The van der Waals surface area contributed by atoms with Gasteiger partial charge in [-0.2, -0.15) is 13.1 Å². The zero-order valence-corrected chi connectivity index (χ0v) is 11.9. The van der Waals surface area contributed by atoms with Gasteiger partial charge in [-0.25, -0.2) is 9.52 Å². The highest BCUT2D eigenvalue weighted by Gasteiger charge is 2.16. The Labute approximate surface area is 104 Å². The second-order valence-corrected chi connectivity index (χ2v) is 6.47. The third-order valence-electron chi connectivity index (χ3n) is 1.63. The highest BCUT2D eigenvalue weighted by atomic mass is 79.9. The van der Waals surface area contributed by atoms with Crippen molar-refractivity contribution in [2.75, 3.05) is 13.7 Å². The summed E-state index contributed by atoms with van der Waals surface area (Å²) in [7, 11) is -2.73. The summed E-state index contributed by atoms with van der Waals surface area (Å²) in [5, 5.41) is 0. The van der Waals surface area contributed by atoms with Crippen molar-refractivity contribution < 1.29 is 17.9 Å². The van der Waals surface area contributed by atoms with Gasteiger partial charge in [0.2, 0.25) is 0 Å². The number of hydrogen-bond acceptors (Lipinski definition) is 4. The summed E-state index contributed by atoms with van der Waals surface area (Å²) < 4.78 is 30.6. The fourth-order valence-corrected chi connectivity index (χ4v) is 2.90. The average molecular weight is 317 g/mol. The van der Waals surface area contributed by atoms with Crippen molar-refractivity contribution in [2.45, 2.75) is 25.1 Å². The molecule has 0 aliphatic heterocycles. The van der Waals surface area contributed by atoms with E-state index in [2.05, 4.69) is 25.4 Å². The largest absolute Gasteiger partial charge is 0.452 e. The summed E-state index contributed by atoms with van der Waals surface area (Å²) in [6.07, 6.45) is -0.178. The third-order valence-corrected chi connectivity index (χ3v) is 3.30. The summed E-state index contributed by atoms with van der Waals surface area (Å²) in [5.74, 6) is 0.461. The number of nitrogens with one attached hydrogen (secondary N) is 2. The van der Waals surface area contributed by atoms with Crippen molar-refractivity contribution in [3.8, 4) is 0 Å². The zero-order chi connectivity index (χ0) is 12.8. The van der Waals surface area contributed by atoms with Gasteiger partial charge in [0.15, 0.2) is 0 Å². The van der Waals surface area contributed by atoms with E-state index in [1.165, 1.54) is 0 Å².